The summed E-state index contributed by atoms with van der Waals surface area (Å²) in [5.41, 5.74) is 2.16. The number of rotatable bonds is 2. The molecule has 146 valence electrons. The number of hydrogen-bond acceptors (Lipinski definition) is 4. The molecular formula is C21H23N3O3S. The molecule has 4 rings (SSSR count). The lowest BCUT2D eigenvalue weighted by molar-refractivity contribution is -0.142. The van der Waals surface area contributed by atoms with E-state index in [0.29, 0.717) is 42.8 Å². The summed E-state index contributed by atoms with van der Waals surface area (Å²) in [5.74, 6) is 1.27. The largest absolute Gasteiger partial charge is 0.485 e. The van der Waals surface area contributed by atoms with Crippen molar-refractivity contribution in [2.75, 3.05) is 38.1 Å². The van der Waals surface area contributed by atoms with Gasteiger partial charge in [-0.1, -0.05) is 24.3 Å². The maximum absolute atomic E-state index is 12.8. The molecule has 1 N–H and O–H groups in total. The van der Waals surface area contributed by atoms with Gasteiger partial charge >= 0.3 is 0 Å². The van der Waals surface area contributed by atoms with E-state index in [1.54, 1.807) is 0 Å². The third-order valence-corrected chi connectivity index (χ3v) is 5.29. The standard InChI is InChI=1S/C21H23N3O3S/c1-15-5-4-6-16(13-15)22-21(28)24-11-9-23(10-12-24)20(25)19-14-26-17-7-2-3-8-18(17)27-19/h2-8,13,19H,9-12,14H2,1H3,(H,22,28)/t19-/m0/s1. The van der Waals surface area contributed by atoms with E-state index >= 15 is 0 Å². The van der Waals surface area contributed by atoms with Crippen LogP contribution < -0.4 is 14.8 Å². The average molecular weight is 398 g/mol. The maximum atomic E-state index is 12.8. The molecule has 2 heterocycles. The third kappa shape index (κ3) is 4.04. The number of carbonyl (C=O) groups is 1. The van der Waals surface area contributed by atoms with Crippen LogP contribution in [0.1, 0.15) is 5.56 Å². The maximum Gasteiger partial charge on any atom is 0.267 e. The first-order valence-electron chi connectivity index (χ1n) is 9.40. The van der Waals surface area contributed by atoms with E-state index < -0.39 is 6.10 Å². The van der Waals surface area contributed by atoms with E-state index in [1.807, 2.05) is 54.3 Å². The molecule has 6 nitrogen and oxygen atoms in total. The number of thiocarbonyl (C=S) groups is 1. The molecule has 1 fully saturated rings. The van der Waals surface area contributed by atoms with Crippen molar-refractivity contribution in [1.82, 2.24) is 9.80 Å². The number of nitrogens with zero attached hydrogens (tertiary/aromatic N) is 2. The molecule has 0 aliphatic carbocycles. The Hall–Kier alpha value is -2.80. The van der Waals surface area contributed by atoms with Crippen LogP contribution in [0.4, 0.5) is 5.69 Å². The zero-order chi connectivity index (χ0) is 19.5. The van der Waals surface area contributed by atoms with Gasteiger partial charge in [-0.25, -0.2) is 0 Å². The Kier molecular flexibility index (Phi) is 5.34. The molecule has 0 saturated carbocycles. The summed E-state index contributed by atoms with van der Waals surface area (Å²) < 4.78 is 11.5. The molecular weight excluding hydrogens is 374 g/mol. The Morgan fingerprint density at radius 2 is 1.75 bits per heavy atom. The molecule has 0 spiro atoms. The number of hydrogen-bond donors (Lipinski definition) is 1. The Morgan fingerprint density at radius 3 is 2.50 bits per heavy atom. The van der Waals surface area contributed by atoms with Gasteiger partial charge in [0.1, 0.15) is 6.61 Å². The third-order valence-electron chi connectivity index (χ3n) is 4.93. The summed E-state index contributed by atoms with van der Waals surface area (Å²) in [4.78, 5) is 16.7. The summed E-state index contributed by atoms with van der Waals surface area (Å²) in [6, 6.07) is 15.5. The fraction of sp³-hybridized carbons (Fsp3) is 0.333. The van der Waals surface area contributed by atoms with Crippen LogP contribution in [-0.2, 0) is 4.79 Å². The summed E-state index contributed by atoms with van der Waals surface area (Å²) >= 11 is 5.54. The number of fused-ring (bicyclic) bond motifs is 1. The summed E-state index contributed by atoms with van der Waals surface area (Å²) in [6.45, 7) is 4.88. The van der Waals surface area contributed by atoms with Crippen LogP contribution in [-0.4, -0.2) is 59.7 Å². The highest BCUT2D eigenvalue weighted by atomic mass is 32.1. The lowest BCUT2D eigenvalue weighted by atomic mass is 10.2. The fourth-order valence-electron chi connectivity index (χ4n) is 3.40. The smallest absolute Gasteiger partial charge is 0.267 e. The summed E-state index contributed by atoms with van der Waals surface area (Å²) in [7, 11) is 0. The predicted octanol–water partition coefficient (Wildman–Crippen LogP) is 2.68. The minimum atomic E-state index is -0.598. The SMILES string of the molecule is Cc1cccc(NC(=S)N2CCN(C(=O)[C@@H]3COc4ccccc4O3)CC2)c1. The van der Waals surface area contributed by atoms with Gasteiger partial charge in [-0.2, -0.15) is 0 Å². The van der Waals surface area contributed by atoms with Gasteiger partial charge < -0.3 is 24.6 Å². The monoisotopic (exact) mass is 397 g/mol. The van der Waals surface area contributed by atoms with Gasteiger partial charge in [0, 0.05) is 31.9 Å². The minimum Gasteiger partial charge on any atom is -0.485 e. The van der Waals surface area contributed by atoms with E-state index in [4.69, 9.17) is 21.7 Å². The molecule has 2 aromatic carbocycles. The lowest BCUT2D eigenvalue weighted by Crippen LogP contribution is -2.55. The zero-order valence-electron chi connectivity index (χ0n) is 15.8. The van der Waals surface area contributed by atoms with Crippen LogP contribution in [0.5, 0.6) is 11.5 Å². The Morgan fingerprint density at radius 1 is 1.04 bits per heavy atom. The van der Waals surface area contributed by atoms with Crippen molar-refractivity contribution < 1.29 is 14.3 Å². The highest BCUT2D eigenvalue weighted by Crippen LogP contribution is 2.31. The number of anilines is 1. The molecule has 0 aromatic heterocycles. The molecule has 0 bridgehead atoms. The molecule has 2 aliphatic heterocycles. The van der Waals surface area contributed by atoms with Crippen LogP contribution in [0.25, 0.3) is 0 Å². The Bertz CT molecular complexity index is 881. The van der Waals surface area contributed by atoms with Crippen molar-refractivity contribution in [1.29, 1.82) is 0 Å². The van der Waals surface area contributed by atoms with Crippen molar-refractivity contribution in [2.24, 2.45) is 0 Å². The minimum absolute atomic E-state index is 0.0354. The number of benzene rings is 2. The quantitative estimate of drug-likeness (QED) is 0.787. The van der Waals surface area contributed by atoms with Crippen molar-refractivity contribution >= 4 is 28.9 Å². The second-order valence-corrected chi connectivity index (χ2v) is 7.36. The normalized spacial score (nSPS) is 18.5. The molecule has 1 saturated heterocycles. The van der Waals surface area contributed by atoms with Gasteiger partial charge in [0.25, 0.3) is 5.91 Å². The molecule has 0 unspecified atom stereocenters. The second kappa shape index (κ2) is 8.06. The van der Waals surface area contributed by atoms with E-state index in [2.05, 4.69) is 16.3 Å². The molecule has 2 aliphatic rings. The first-order chi connectivity index (χ1) is 13.6. The summed E-state index contributed by atoms with van der Waals surface area (Å²) in [6.07, 6.45) is -0.598. The van der Waals surface area contributed by atoms with E-state index in [1.165, 1.54) is 5.56 Å². The van der Waals surface area contributed by atoms with E-state index in [9.17, 15) is 4.79 Å². The van der Waals surface area contributed by atoms with Crippen LogP contribution >= 0.6 is 12.2 Å². The van der Waals surface area contributed by atoms with Crippen molar-refractivity contribution in [3.05, 3.63) is 54.1 Å². The van der Waals surface area contributed by atoms with Gasteiger partial charge in [-0.15, -0.1) is 0 Å². The van der Waals surface area contributed by atoms with Crippen LogP contribution in [0.3, 0.4) is 0 Å². The molecule has 1 atom stereocenters. The van der Waals surface area contributed by atoms with Gasteiger partial charge in [0.05, 0.1) is 0 Å². The van der Waals surface area contributed by atoms with Crippen molar-refractivity contribution in [3.8, 4) is 11.5 Å². The van der Waals surface area contributed by atoms with Crippen molar-refractivity contribution in [2.45, 2.75) is 13.0 Å². The first-order valence-corrected chi connectivity index (χ1v) is 9.81. The van der Waals surface area contributed by atoms with Crippen LogP contribution in [0.2, 0.25) is 0 Å². The number of para-hydroxylation sites is 2. The number of ether oxygens (including phenoxy) is 2. The van der Waals surface area contributed by atoms with Gasteiger partial charge in [-0.3, -0.25) is 4.79 Å². The Labute approximate surface area is 170 Å². The van der Waals surface area contributed by atoms with Crippen LogP contribution in [0, 0.1) is 6.92 Å². The number of amides is 1. The molecule has 7 heteroatoms. The summed E-state index contributed by atoms with van der Waals surface area (Å²) in [5, 5.41) is 3.96. The number of piperazine rings is 1. The first kappa shape index (κ1) is 18.6. The number of carbonyl (C=O) groups excluding carboxylic acids is 1. The Balaban J connectivity index is 1.30. The van der Waals surface area contributed by atoms with Crippen LogP contribution in [0.15, 0.2) is 48.5 Å². The zero-order valence-corrected chi connectivity index (χ0v) is 16.6. The molecule has 0 radical (unpaired) electrons. The molecule has 28 heavy (non-hydrogen) atoms. The predicted molar refractivity (Wildman–Crippen MR) is 112 cm³/mol. The van der Waals surface area contributed by atoms with Gasteiger partial charge in [-0.05, 0) is 49.0 Å². The average Bonchev–Trinajstić information content (AvgIpc) is 2.73. The number of nitrogens with one attached hydrogen (secondary N) is 1. The highest BCUT2D eigenvalue weighted by Gasteiger charge is 2.33. The van der Waals surface area contributed by atoms with Crippen molar-refractivity contribution in [3.63, 3.8) is 0 Å². The van der Waals surface area contributed by atoms with E-state index in [-0.39, 0.29) is 12.5 Å². The molecule has 2 aromatic rings. The fourth-order valence-corrected chi connectivity index (χ4v) is 3.70. The highest BCUT2D eigenvalue weighted by molar-refractivity contribution is 7.80. The lowest BCUT2D eigenvalue weighted by Gasteiger charge is -2.38. The molecule has 1 amide bonds. The topological polar surface area (TPSA) is 54.0 Å². The number of aryl methyl sites for hydroxylation is 1. The van der Waals surface area contributed by atoms with Gasteiger partial charge in [0.15, 0.2) is 16.6 Å². The van der Waals surface area contributed by atoms with Gasteiger partial charge in [0.2, 0.25) is 6.10 Å². The second-order valence-electron chi connectivity index (χ2n) is 6.98. The van der Waals surface area contributed by atoms with E-state index in [0.717, 1.165) is 5.69 Å².